The van der Waals surface area contributed by atoms with Crippen molar-refractivity contribution in [1.82, 2.24) is 15.0 Å². The van der Waals surface area contributed by atoms with E-state index < -0.39 is 23.3 Å². The fourth-order valence-electron chi connectivity index (χ4n) is 3.12. The van der Waals surface area contributed by atoms with Crippen molar-refractivity contribution in [3.8, 4) is 0 Å². The number of halogens is 3. The van der Waals surface area contributed by atoms with Crippen LogP contribution in [0.5, 0.6) is 0 Å². The van der Waals surface area contributed by atoms with Gasteiger partial charge in [-0.2, -0.15) is 13.2 Å². The summed E-state index contributed by atoms with van der Waals surface area (Å²) < 4.78 is 44.5. The quantitative estimate of drug-likeness (QED) is 0.797. The van der Waals surface area contributed by atoms with E-state index in [1.54, 1.807) is 4.90 Å². The van der Waals surface area contributed by atoms with Crippen molar-refractivity contribution < 1.29 is 22.7 Å². The second-order valence-electron chi connectivity index (χ2n) is 6.53. The molecule has 0 aromatic carbocycles. The molecular formula is C18H20F3N5O2. The number of pyridine rings is 1. The van der Waals surface area contributed by atoms with Gasteiger partial charge in [-0.05, 0) is 25.8 Å². The molecule has 0 saturated carbocycles. The summed E-state index contributed by atoms with van der Waals surface area (Å²) in [6.07, 6.45) is -0.835. The molecule has 1 aliphatic heterocycles. The second kappa shape index (κ2) is 7.99. The highest BCUT2D eigenvalue weighted by molar-refractivity contribution is 5.91. The molecule has 7 nitrogen and oxygen atoms in total. The third-order valence-electron chi connectivity index (χ3n) is 4.57. The summed E-state index contributed by atoms with van der Waals surface area (Å²) in [6, 6.07) is 2.91. The van der Waals surface area contributed by atoms with Crippen molar-refractivity contribution in [3.63, 3.8) is 0 Å². The summed E-state index contributed by atoms with van der Waals surface area (Å²) in [4.78, 5) is 25.7. The van der Waals surface area contributed by atoms with Crippen LogP contribution in [0, 0.1) is 6.92 Å². The van der Waals surface area contributed by atoms with Crippen LogP contribution in [0.1, 0.15) is 34.5 Å². The number of carbonyl (C=O) groups is 1. The first-order valence-electron chi connectivity index (χ1n) is 8.73. The van der Waals surface area contributed by atoms with Gasteiger partial charge in [0.1, 0.15) is 18.0 Å². The number of piperidine rings is 1. The number of methoxy groups -OCH3 is 1. The van der Waals surface area contributed by atoms with Crippen molar-refractivity contribution in [2.45, 2.75) is 32.0 Å². The molecular weight excluding hydrogens is 375 g/mol. The van der Waals surface area contributed by atoms with Gasteiger partial charge in [-0.15, -0.1) is 0 Å². The molecule has 0 spiro atoms. The first-order chi connectivity index (χ1) is 13.3. The molecule has 28 heavy (non-hydrogen) atoms. The van der Waals surface area contributed by atoms with Gasteiger partial charge >= 0.3 is 12.1 Å². The Morgan fingerprint density at radius 1 is 1.21 bits per heavy atom. The lowest BCUT2D eigenvalue weighted by Crippen LogP contribution is -2.39. The van der Waals surface area contributed by atoms with E-state index in [0.717, 1.165) is 30.9 Å². The lowest BCUT2D eigenvalue weighted by Gasteiger charge is -2.33. The Morgan fingerprint density at radius 3 is 2.54 bits per heavy atom. The Bertz CT molecular complexity index is 851. The van der Waals surface area contributed by atoms with E-state index in [1.807, 2.05) is 13.0 Å². The first-order valence-corrected chi connectivity index (χ1v) is 8.73. The molecule has 1 saturated heterocycles. The number of nitrogens with zero attached hydrogens (tertiary/aromatic N) is 4. The number of carbonyl (C=O) groups excluding carboxylic acids is 1. The standard InChI is InChI=1S/C18H20F3N5O2/c1-11-7-15(24-10-23-11)25-12-3-5-26(6-4-12)16-8-14(18(19,20)21)13(9-22-16)17(27)28-2/h7-10,12H,3-6H2,1-2H3,(H,23,24,25). The fourth-order valence-corrected chi connectivity index (χ4v) is 3.12. The van der Waals surface area contributed by atoms with Crippen LogP contribution in [0.2, 0.25) is 0 Å². The van der Waals surface area contributed by atoms with E-state index in [0.29, 0.717) is 25.9 Å². The van der Waals surface area contributed by atoms with Crippen LogP contribution < -0.4 is 10.2 Å². The van der Waals surface area contributed by atoms with Crippen LogP contribution in [0.15, 0.2) is 24.7 Å². The van der Waals surface area contributed by atoms with E-state index in [1.165, 1.54) is 6.33 Å². The molecule has 3 heterocycles. The van der Waals surface area contributed by atoms with Crippen LogP contribution >= 0.6 is 0 Å². The number of rotatable bonds is 4. The maximum atomic E-state index is 13.4. The molecule has 10 heteroatoms. The van der Waals surface area contributed by atoms with Crippen molar-refractivity contribution >= 4 is 17.6 Å². The van der Waals surface area contributed by atoms with Gasteiger partial charge < -0.3 is 15.0 Å². The maximum Gasteiger partial charge on any atom is 0.417 e. The molecule has 1 aliphatic rings. The average Bonchev–Trinajstić information content (AvgIpc) is 2.67. The molecule has 1 fully saturated rings. The minimum absolute atomic E-state index is 0.155. The molecule has 2 aromatic rings. The third kappa shape index (κ3) is 4.49. The van der Waals surface area contributed by atoms with Crippen LogP contribution in [0.4, 0.5) is 24.8 Å². The Balaban J connectivity index is 1.71. The zero-order chi connectivity index (χ0) is 20.3. The Morgan fingerprint density at radius 2 is 1.93 bits per heavy atom. The van der Waals surface area contributed by atoms with E-state index in [4.69, 9.17) is 0 Å². The van der Waals surface area contributed by atoms with Gasteiger partial charge in [0, 0.05) is 37.1 Å². The molecule has 150 valence electrons. The monoisotopic (exact) mass is 395 g/mol. The van der Waals surface area contributed by atoms with E-state index in [9.17, 15) is 18.0 Å². The summed E-state index contributed by atoms with van der Waals surface area (Å²) in [5.41, 5.74) is -0.778. The van der Waals surface area contributed by atoms with Crippen molar-refractivity contribution in [3.05, 3.63) is 41.5 Å². The molecule has 1 N–H and O–H groups in total. The summed E-state index contributed by atoms with van der Waals surface area (Å²) >= 11 is 0. The van der Waals surface area contributed by atoms with Gasteiger partial charge in [-0.3, -0.25) is 0 Å². The number of hydrogen-bond acceptors (Lipinski definition) is 7. The molecule has 2 aromatic heterocycles. The lowest BCUT2D eigenvalue weighted by molar-refractivity contribution is -0.138. The number of ether oxygens (including phenoxy) is 1. The number of aryl methyl sites for hydroxylation is 1. The third-order valence-corrected chi connectivity index (χ3v) is 4.57. The van der Waals surface area contributed by atoms with Gasteiger partial charge in [0.15, 0.2) is 0 Å². The van der Waals surface area contributed by atoms with Crippen molar-refractivity contribution in [1.29, 1.82) is 0 Å². The number of anilines is 2. The van der Waals surface area contributed by atoms with Gasteiger partial charge in [-0.25, -0.2) is 19.7 Å². The number of esters is 1. The molecule has 0 amide bonds. The zero-order valence-electron chi connectivity index (χ0n) is 15.5. The molecule has 0 atom stereocenters. The fraction of sp³-hybridized carbons (Fsp3) is 0.444. The predicted molar refractivity (Wildman–Crippen MR) is 96.2 cm³/mol. The Hall–Kier alpha value is -2.91. The molecule has 0 aliphatic carbocycles. The first kappa shape index (κ1) is 19.8. The van der Waals surface area contributed by atoms with Crippen LogP contribution in [-0.2, 0) is 10.9 Å². The van der Waals surface area contributed by atoms with E-state index in [-0.39, 0.29) is 11.9 Å². The number of alkyl halides is 3. The zero-order valence-corrected chi connectivity index (χ0v) is 15.5. The Labute approximate surface area is 160 Å². The van der Waals surface area contributed by atoms with Crippen molar-refractivity contribution in [2.75, 3.05) is 30.4 Å². The minimum Gasteiger partial charge on any atom is -0.465 e. The molecule has 0 unspecified atom stereocenters. The number of nitrogens with one attached hydrogen (secondary N) is 1. The number of aromatic nitrogens is 3. The van der Waals surface area contributed by atoms with Crippen LogP contribution in [0.3, 0.4) is 0 Å². The van der Waals surface area contributed by atoms with Crippen LogP contribution in [-0.4, -0.2) is 47.2 Å². The van der Waals surface area contributed by atoms with Gasteiger partial charge in [0.25, 0.3) is 0 Å². The molecule has 0 radical (unpaired) electrons. The van der Waals surface area contributed by atoms with E-state index >= 15 is 0 Å². The molecule has 0 bridgehead atoms. The topological polar surface area (TPSA) is 80.2 Å². The minimum atomic E-state index is -4.67. The SMILES string of the molecule is COC(=O)c1cnc(N2CCC(Nc3cc(C)ncn3)CC2)cc1C(F)(F)F. The largest absolute Gasteiger partial charge is 0.465 e. The summed E-state index contributed by atoms with van der Waals surface area (Å²) in [7, 11) is 1.04. The maximum absolute atomic E-state index is 13.4. The highest BCUT2D eigenvalue weighted by Crippen LogP contribution is 2.34. The summed E-state index contributed by atoms with van der Waals surface area (Å²) in [6.45, 7) is 2.94. The lowest BCUT2D eigenvalue weighted by atomic mass is 10.0. The van der Waals surface area contributed by atoms with Crippen LogP contribution in [0.25, 0.3) is 0 Å². The second-order valence-corrected chi connectivity index (χ2v) is 6.53. The summed E-state index contributed by atoms with van der Waals surface area (Å²) in [5.74, 6) is -0.142. The average molecular weight is 395 g/mol. The van der Waals surface area contributed by atoms with E-state index in [2.05, 4.69) is 25.0 Å². The number of hydrogen-bond donors (Lipinski definition) is 1. The van der Waals surface area contributed by atoms with Crippen molar-refractivity contribution in [2.24, 2.45) is 0 Å². The van der Waals surface area contributed by atoms with Gasteiger partial charge in [0.05, 0.1) is 18.2 Å². The Kier molecular flexibility index (Phi) is 5.66. The van der Waals surface area contributed by atoms with Gasteiger partial charge in [0.2, 0.25) is 0 Å². The predicted octanol–water partition coefficient (Wildman–Crippen LogP) is 3.07. The highest BCUT2D eigenvalue weighted by atomic mass is 19.4. The normalized spacial score (nSPS) is 15.4. The molecule has 3 rings (SSSR count). The van der Waals surface area contributed by atoms with Gasteiger partial charge in [-0.1, -0.05) is 0 Å². The summed E-state index contributed by atoms with van der Waals surface area (Å²) in [5, 5.41) is 3.32. The highest BCUT2D eigenvalue weighted by Gasteiger charge is 2.37. The smallest absolute Gasteiger partial charge is 0.417 e.